The van der Waals surface area contributed by atoms with Gasteiger partial charge in [0.15, 0.2) is 0 Å². The minimum atomic E-state index is -3.44. The molecule has 0 aromatic heterocycles. The van der Waals surface area contributed by atoms with Crippen LogP contribution in [0.5, 0.6) is 0 Å². The number of amides is 1. The van der Waals surface area contributed by atoms with Crippen LogP contribution in [0.3, 0.4) is 0 Å². The topological polar surface area (TPSA) is 101 Å². The summed E-state index contributed by atoms with van der Waals surface area (Å²) in [5.74, 6) is -0.191. The molecule has 2 rings (SSSR count). The largest absolute Gasteiger partial charge is 0.352 e. The molecular weight excluding hydrogens is 326 g/mol. The van der Waals surface area contributed by atoms with Crippen molar-refractivity contribution in [3.63, 3.8) is 0 Å². The Balaban J connectivity index is 1.96. The van der Waals surface area contributed by atoms with Gasteiger partial charge in [0, 0.05) is 18.6 Å². The summed E-state index contributed by atoms with van der Waals surface area (Å²) < 4.78 is 26.2. The lowest BCUT2D eigenvalue weighted by Crippen LogP contribution is -2.52. The van der Waals surface area contributed by atoms with Crippen LogP contribution < -0.4 is 15.8 Å². The predicted octanol–water partition coefficient (Wildman–Crippen LogP) is 1.51. The summed E-state index contributed by atoms with van der Waals surface area (Å²) >= 11 is 0. The third-order valence-corrected chi connectivity index (χ3v) is 6.17. The third-order valence-electron chi connectivity index (χ3n) is 4.61. The van der Waals surface area contributed by atoms with Crippen LogP contribution in [0.1, 0.15) is 45.1 Å². The SMILES string of the molecule is CCNS(=O)(=O)c1ccc(CNC(=O)C2CCCCC2(C)N)cc1. The van der Waals surface area contributed by atoms with Crippen molar-refractivity contribution < 1.29 is 13.2 Å². The number of nitrogens with one attached hydrogen (secondary N) is 2. The van der Waals surface area contributed by atoms with Gasteiger partial charge >= 0.3 is 0 Å². The molecular formula is C17H27N3O3S. The van der Waals surface area contributed by atoms with Gasteiger partial charge in [-0.05, 0) is 37.5 Å². The van der Waals surface area contributed by atoms with Crippen LogP contribution >= 0.6 is 0 Å². The standard InChI is InChI=1S/C17H27N3O3S/c1-3-20-24(22,23)14-9-7-13(8-10-14)12-19-16(21)15-6-4-5-11-17(15,2)18/h7-10,15,20H,3-6,11-12,18H2,1-2H3,(H,19,21). The van der Waals surface area contributed by atoms with Crippen molar-refractivity contribution in [2.75, 3.05) is 6.54 Å². The molecule has 2 atom stereocenters. The number of benzene rings is 1. The highest BCUT2D eigenvalue weighted by Crippen LogP contribution is 2.31. The van der Waals surface area contributed by atoms with Crippen LogP contribution in [0.4, 0.5) is 0 Å². The van der Waals surface area contributed by atoms with Crippen molar-refractivity contribution in [1.82, 2.24) is 10.0 Å². The van der Waals surface area contributed by atoms with Crippen molar-refractivity contribution in [2.45, 2.75) is 56.5 Å². The summed E-state index contributed by atoms with van der Waals surface area (Å²) in [6.07, 6.45) is 3.78. The van der Waals surface area contributed by atoms with Crippen LogP contribution in [0, 0.1) is 5.92 Å². The molecule has 1 aliphatic rings. The van der Waals surface area contributed by atoms with Gasteiger partial charge in [-0.15, -0.1) is 0 Å². The minimum absolute atomic E-state index is 0.0240. The number of nitrogens with two attached hydrogens (primary N) is 1. The highest BCUT2D eigenvalue weighted by Gasteiger charge is 2.37. The molecule has 2 unspecified atom stereocenters. The van der Waals surface area contributed by atoms with Gasteiger partial charge in [0.2, 0.25) is 15.9 Å². The van der Waals surface area contributed by atoms with Crippen molar-refractivity contribution in [3.05, 3.63) is 29.8 Å². The minimum Gasteiger partial charge on any atom is -0.352 e. The maximum absolute atomic E-state index is 12.4. The van der Waals surface area contributed by atoms with Crippen LogP contribution in [0.15, 0.2) is 29.2 Å². The van der Waals surface area contributed by atoms with E-state index in [-0.39, 0.29) is 16.7 Å². The molecule has 0 bridgehead atoms. The normalized spacial score (nSPS) is 24.5. The Labute approximate surface area is 144 Å². The average molecular weight is 353 g/mol. The zero-order chi connectivity index (χ0) is 17.8. The number of sulfonamides is 1. The van der Waals surface area contributed by atoms with Gasteiger partial charge < -0.3 is 11.1 Å². The maximum Gasteiger partial charge on any atom is 0.240 e. The molecule has 0 radical (unpaired) electrons. The van der Waals surface area contributed by atoms with Gasteiger partial charge in [-0.3, -0.25) is 4.79 Å². The van der Waals surface area contributed by atoms with Crippen molar-refractivity contribution in [1.29, 1.82) is 0 Å². The summed E-state index contributed by atoms with van der Waals surface area (Å²) in [7, 11) is -3.44. The van der Waals surface area contributed by atoms with Crippen LogP contribution in [0.25, 0.3) is 0 Å². The first-order chi connectivity index (χ1) is 11.3. The Kier molecular flexibility index (Phi) is 6.01. The van der Waals surface area contributed by atoms with Crippen LogP contribution in [-0.2, 0) is 21.4 Å². The van der Waals surface area contributed by atoms with E-state index in [1.165, 1.54) is 0 Å². The highest BCUT2D eigenvalue weighted by molar-refractivity contribution is 7.89. The van der Waals surface area contributed by atoms with E-state index in [0.717, 1.165) is 31.2 Å². The Hall–Kier alpha value is -1.44. The second-order valence-corrected chi connectivity index (χ2v) is 8.43. The van der Waals surface area contributed by atoms with E-state index in [4.69, 9.17) is 5.73 Å². The predicted molar refractivity (Wildman–Crippen MR) is 93.7 cm³/mol. The summed E-state index contributed by atoms with van der Waals surface area (Å²) in [5.41, 5.74) is 6.66. The lowest BCUT2D eigenvalue weighted by Gasteiger charge is -2.37. The molecule has 1 fully saturated rings. The first-order valence-corrected chi connectivity index (χ1v) is 9.90. The van der Waals surface area contributed by atoms with E-state index in [1.54, 1.807) is 31.2 Å². The Morgan fingerprint density at radius 2 is 1.96 bits per heavy atom. The second kappa shape index (κ2) is 7.63. The van der Waals surface area contributed by atoms with Crippen LogP contribution in [0.2, 0.25) is 0 Å². The summed E-state index contributed by atoms with van der Waals surface area (Å²) in [4.78, 5) is 12.6. The van der Waals surface area contributed by atoms with Crippen molar-refractivity contribution >= 4 is 15.9 Å². The van der Waals surface area contributed by atoms with Crippen molar-refractivity contribution in [2.24, 2.45) is 11.7 Å². The van der Waals surface area contributed by atoms with Gasteiger partial charge in [-0.25, -0.2) is 13.1 Å². The number of hydrogen-bond acceptors (Lipinski definition) is 4. The quantitative estimate of drug-likeness (QED) is 0.721. The fourth-order valence-corrected chi connectivity index (χ4v) is 4.20. The van der Waals surface area contributed by atoms with E-state index in [9.17, 15) is 13.2 Å². The van der Waals surface area contributed by atoms with Gasteiger partial charge in [-0.2, -0.15) is 0 Å². The van der Waals surface area contributed by atoms with Gasteiger partial charge in [-0.1, -0.05) is 31.9 Å². The fourth-order valence-electron chi connectivity index (χ4n) is 3.16. The van der Waals surface area contributed by atoms with Crippen LogP contribution in [-0.4, -0.2) is 26.4 Å². The number of carbonyl (C=O) groups excluding carboxylic acids is 1. The maximum atomic E-state index is 12.4. The molecule has 1 aromatic rings. The molecule has 24 heavy (non-hydrogen) atoms. The first kappa shape index (κ1) is 18.9. The van der Waals surface area contributed by atoms with E-state index in [0.29, 0.717) is 13.1 Å². The summed E-state index contributed by atoms with van der Waals surface area (Å²) in [5, 5.41) is 2.92. The lowest BCUT2D eigenvalue weighted by molar-refractivity contribution is -0.128. The first-order valence-electron chi connectivity index (χ1n) is 8.41. The Morgan fingerprint density at radius 3 is 2.54 bits per heavy atom. The van der Waals surface area contributed by atoms with Gasteiger partial charge in [0.25, 0.3) is 0 Å². The van der Waals surface area contributed by atoms with E-state index < -0.39 is 15.6 Å². The van der Waals surface area contributed by atoms with E-state index in [1.807, 2.05) is 6.92 Å². The molecule has 1 saturated carbocycles. The number of carbonyl (C=O) groups is 1. The Morgan fingerprint density at radius 1 is 1.29 bits per heavy atom. The molecule has 0 heterocycles. The molecule has 1 amide bonds. The van der Waals surface area contributed by atoms with E-state index >= 15 is 0 Å². The Bertz CT molecular complexity index is 669. The molecule has 1 aromatic carbocycles. The lowest BCUT2D eigenvalue weighted by atomic mass is 9.74. The molecule has 134 valence electrons. The molecule has 0 spiro atoms. The van der Waals surface area contributed by atoms with Crippen molar-refractivity contribution in [3.8, 4) is 0 Å². The summed E-state index contributed by atoms with van der Waals surface area (Å²) in [6.45, 7) is 4.39. The molecule has 7 heteroatoms. The zero-order valence-corrected chi connectivity index (χ0v) is 15.2. The molecule has 0 saturated heterocycles. The molecule has 0 aliphatic heterocycles. The smallest absolute Gasteiger partial charge is 0.240 e. The zero-order valence-electron chi connectivity index (χ0n) is 14.3. The summed E-state index contributed by atoms with van der Waals surface area (Å²) in [6, 6.07) is 6.53. The fraction of sp³-hybridized carbons (Fsp3) is 0.588. The number of hydrogen-bond donors (Lipinski definition) is 3. The molecule has 1 aliphatic carbocycles. The highest BCUT2D eigenvalue weighted by atomic mass is 32.2. The van der Waals surface area contributed by atoms with Gasteiger partial charge in [0.1, 0.15) is 0 Å². The van der Waals surface area contributed by atoms with E-state index in [2.05, 4.69) is 10.0 Å². The molecule has 6 nitrogen and oxygen atoms in total. The average Bonchev–Trinajstić information content (AvgIpc) is 2.52. The second-order valence-electron chi connectivity index (χ2n) is 6.67. The number of rotatable bonds is 6. The monoisotopic (exact) mass is 353 g/mol. The molecule has 4 N–H and O–H groups in total. The van der Waals surface area contributed by atoms with Gasteiger partial charge in [0.05, 0.1) is 10.8 Å². The third kappa shape index (κ3) is 4.55.